The molecule has 2 rings (SSSR count). The van der Waals surface area contributed by atoms with Crippen LogP contribution in [0.5, 0.6) is 0 Å². The minimum Gasteiger partial charge on any atom is -0.369 e. The van der Waals surface area contributed by atoms with Crippen LogP contribution in [-0.2, 0) is 6.54 Å². The molecule has 3 heteroatoms. The first-order valence-electron chi connectivity index (χ1n) is 6.89. The van der Waals surface area contributed by atoms with Gasteiger partial charge in [0.15, 0.2) is 0 Å². The van der Waals surface area contributed by atoms with Crippen molar-refractivity contribution < 1.29 is 4.39 Å². The molecule has 0 radical (unpaired) electrons. The summed E-state index contributed by atoms with van der Waals surface area (Å²) in [4.78, 5) is 2.23. The zero-order chi connectivity index (χ0) is 13.0. The summed E-state index contributed by atoms with van der Waals surface area (Å²) in [6.07, 6.45) is 3.58. The van der Waals surface area contributed by atoms with E-state index < -0.39 is 0 Å². The molecular weight excluding hydrogens is 227 g/mol. The number of halogens is 1. The predicted molar refractivity (Wildman–Crippen MR) is 74.4 cm³/mol. The fourth-order valence-corrected chi connectivity index (χ4v) is 2.73. The van der Waals surface area contributed by atoms with Crippen molar-refractivity contribution >= 4 is 5.69 Å². The highest BCUT2D eigenvalue weighted by Crippen LogP contribution is 2.28. The summed E-state index contributed by atoms with van der Waals surface area (Å²) in [5.41, 5.74) is 1.87. The standard InChI is InChI=1S/C15H23FN2/c1-12-5-4-9-18(10-8-12)15-13(11-17-2)6-3-7-14(15)16/h3,6-7,12,17H,4-5,8-11H2,1-2H3. The number of nitrogens with one attached hydrogen (secondary N) is 1. The minimum absolute atomic E-state index is 0.0858. The Morgan fingerprint density at radius 3 is 2.94 bits per heavy atom. The lowest BCUT2D eigenvalue weighted by atomic mass is 10.0. The van der Waals surface area contributed by atoms with Gasteiger partial charge in [0.2, 0.25) is 0 Å². The Kier molecular flexibility index (Phi) is 4.59. The van der Waals surface area contributed by atoms with E-state index in [1.807, 2.05) is 13.1 Å². The number of benzene rings is 1. The van der Waals surface area contributed by atoms with Gasteiger partial charge in [-0.3, -0.25) is 0 Å². The Bertz CT molecular complexity index is 392. The second kappa shape index (κ2) is 6.19. The first-order chi connectivity index (χ1) is 8.72. The Morgan fingerprint density at radius 1 is 1.33 bits per heavy atom. The Balaban J connectivity index is 2.25. The molecular formula is C15H23FN2. The monoisotopic (exact) mass is 250 g/mol. The molecule has 0 aliphatic carbocycles. The topological polar surface area (TPSA) is 15.3 Å². The van der Waals surface area contributed by atoms with E-state index in [0.717, 1.165) is 49.6 Å². The summed E-state index contributed by atoms with van der Waals surface area (Å²) in [7, 11) is 1.90. The van der Waals surface area contributed by atoms with Gasteiger partial charge in [-0.15, -0.1) is 0 Å². The third-order valence-corrected chi connectivity index (χ3v) is 3.77. The van der Waals surface area contributed by atoms with Crippen molar-refractivity contribution in [2.75, 3.05) is 25.0 Å². The molecule has 1 N–H and O–H groups in total. The highest BCUT2D eigenvalue weighted by Gasteiger charge is 2.19. The van der Waals surface area contributed by atoms with E-state index in [9.17, 15) is 4.39 Å². The van der Waals surface area contributed by atoms with Crippen molar-refractivity contribution in [3.8, 4) is 0 Å². The highest BCUT2D eigenvalue weighted by atomic mass is 19.1. The van der Waals surface area contributed by atoms with Gasteiger partial charge in [-0.2, -0.15) is 0 Å². The minimum atomic E-state index is -0.0858. The molecule has 1 unspecified atom stereocenters. The molecule has 1 aliphatic heterocycles. The van der Waals surface area contributed by atoms with Gasteiger partial charge in [-0.05, 0) is 43.9 Å². The Morgan fingerprint density at radius 2 is 2.17 bits per heavy atom. The van der Waals surface area contributed by atoms with E-state index in [1.54, 1.807) is 12.1 Å². The Hall–Kier alpha value is -1.09. The maximum absolute atomic E-state index is 14.1. The molecule has 1 atom stereocenters. The first kappa shape index (κ1) is 13.3. The summed E-state index contributed by atoms with van der Waals surface area (Å²) in [6, 6.07) is 5.39. The average molecular weight is 250 g/mol. The van der Waals surface area contributed by atoms with Gasteiger partial charge in [0.05, 0.1) is 5.69 Å². The molecule has 1 fully saturated rings. The van der Waals surface area contributed by atoms with Crippen molar-refractivity contribution in [3.63, 3.8) is 0 Å². The Labute approximate surface area is 109 Å². The van der Waals surface area contributed by atoms with Gasteiger partial charge in [-0.1, -0.05) is 19.1 Å². The molecule has 0 aromatic heterocycles. The zero-order valence-corrected chi connectivity index (χ0v) is 11.4. The summed E-state index contributed by atoms with van der Waals surface area (Å²) in [6.45, 7) is 4.96. The molecule has 1 aliphatic rings. The van der Waals surface area contributed by atoms with Gasteiger partial charge in [-0.25, -0.2) is 4.39 Å². The highest BCUT2D eigenvalue weighted by molar-refractivity contribution is 5.55. The van der Waals surface area contributed by atoms with Crippen LogP contribution < -0.4 is 10.2 Å². The maximum Gasteiger partial charge on any atom is 0.146 e. The van der Waals surface area contributed by atoms with Gasteiger partial charge in [0, 0.05) is 19.6 Å². The van der Waals surface area contributed by atoms with Crippen molar-refractivity contribution in [1.82, 2.24) is 5.32 Å². The normalized spacial score (nSPS) is 20.8. The van der Waals surface area contributed by atoms with Crippen LogP contribution in [0.4, 0.5) is 10.1 Å². The number of para-hydroxylation sites is 1. The van der Waals surface area contributed by atoms with E-state index in [2.05, 4.69) is 17.1 Å². The van der Waals surface area contributed by atoms with E-state index in [1.165, 1.54) is 6.42 Å². The van der Waals surface area contributed by atoms with E-state index in [4.69, 9.17) is 0 Å². The van der Waals surface area contributed by atoms with Crippen molar-refractivity contribution in [2.24, 2.45) is 5.92 Å². The van der Waals surface area contributed by atoms with Crippen LogP contribution in [0.2, 0.25) is 0 Å². The molecule has 0 amide bonds. The maximum atomic E-state index is 14.1. The van der Waals surface area contributed by atoms with Crippen LogP contribution in [0.1, 0.15) is 31.7 Å². The number of hydrogen-bond acceptors (Lipinski definition) is 2. The van der Waals surface area contributed by atoms with Crippen LogP contribution >= 0.6 is 0 Å². The molecule has 18 heavy (non-hydrogen) atoms. The molecule has 100 valence electrons. The van der Waals surface area contributed by atoms with Crippen LogP contribution in [0, 0.1) is 11.7 Å². The van der Waals surface area contributed by atoms with Crippen molar-refractivity contribution in [3.05, 3.63) is 29.6 Å². The SMILES string of the molecule is CNCc1cccc(F)c1N1CCCC(C)CC1. The summed E-state index contributed by atoms with van der Waals surface area (Å²) >= 11 is 0. The molecule has 1 heterocycles. The van der Waals surface area contributed by atoms with Gasteiger partial charge in [0.1, 0.15) is 5.82 Å². The molecule has 0 spiro atoms. The van der Waals surface area contributed by atoms with Gasteiger partial charge in [0.25, 0.3) is 0 Å². The van der Waals surface area contributed by atoms with E-state index >= 15 is 0 Å². The van der Waals surface area contributed by atoms with Gasteiger partial charge >= 0.3 is 0 Å². The molecule has 0 saturated carbocycles. The van der Waals surface area contributed by atoms with E-state index in [0.29, 0.717) is 0 Å². The fraction of sp³-hybridized carbons (Fsp3) is 0.600. The van der Waals surface area contributed by atoms with Crippen LogP contribution in [0.3, 0.4) is 0 Å². The molecule has 2 nitrogen and oxygen atoms in total. The van der Waals surface area contributed by atoms with Crippen LogP contribution in [0.25, 0.3) is 0 Å². The van der Waals surface area contributed by atoms with Crippen LogP contribution in [-0.4, -0.2) is 20.1 Å². The fourth-order valence-electron chi connectivity index (χ4n) is 2.73. The lowest BCUT2D eigenvalue weighted by Crippen LogP contribution is -2.27. The summed E-state index contributed by atoms with van der Waals surface area (Å²) in [5, 5.41) is 3.12. The first-order valence-corrected chi connectivity index (χ1v) is 6.89. The summed E-state index contributed by atoms with van der Waals surface area (Å²) < 4.78 is 14.1. The molecule has 0 bridgehead atoms. The quantitative estimate of drug-likeness (QED) is 0.886. The third kappa shape index (κ3) is 3.02. The number of nitrogens with zero attached hydrogens (tertiary/aromatic N) is 1. The number of anilines is 1. The van der Waals surface area contributed by atoms with E-state index in [-0.39, 0.29) is 5.82 Å². The smallest absolute Gasteiger partial charge is 0.146 e. The molecule has 1 aromatic rings. The van der Waals surface area contributed by atoms with Gasteiger partial charge < -0.3 is 10.2 Å². The van der Waals surface area contributed by atoms with Crippen molar-refractivity contribution in [2.45, 2.75) is 32.7 Å². The predicted octanol–water partition coefficient (Wildman–Crippen LogP) is 3.17. The second-order valence-electron chi connectivity index (χ2n) is 5.30. The second-order valence-corrected chi connectivity index (χ2v) is 5.30. The lowest BCUT2D eigenvalue weighted by molar-refractivity contribution is 0.520. The number of rotatable bonds is 3. The van der Waals surface area contributed by atoms with Crippen LogP contribution in [0.15, 0.2) is 18.2 Å². The zero-order valence-electron chi connectivity index (χ0n) is 11.4. The number of hydrogen-bond donors (Lipinski definition) is 1. The van der Waals surface area contributed by atoms with Crippen molar-refractivity contribution in [1.29, 1.82) is 0 Å². The molecule has 1 aromatic carbocycles. The summed E-state index contributed by atoms with van der Waals surface area (Å²) in [5.74, 6) is 0.673. The third-order valence-electron chi connectivity index (χ3n) is 3.77. The lowest BCUT2D eigenvalue weighted by Gasteiger charge is -2.26. The average Bonchev–Trinajstić information content (AvgIpc) is 2.55. The molecule has 1 saturated heterocycles. The largest absolute Gasteiger partial charge is 0.369 e.